The van der Waals surface area contributed by atoms with Gasteiger partial charge < -0.3 is 10.1 Å². The Balaban J connectivity index is 2.07. The average Bonchev–Trinajstić information content (AvgIpc) is 2.86. The molecule has 0 amide bonds. The van der Waals surface area contributed by atoms with E-state index in [2.05, 4.69) is 17.2 Å². The van der Waals surface area contributed by atoms with Gasteiger partial charge in [-0.2, -0.15) is 0 Å². The molecule has 0 bridgehead atoms. The van der Waals surface area contributed by atoms with Gasteiger partial charge in [0.05, 0.1) is 28.4 Å². The number of hydrogen-bond acceptors (Lipinski definition) is 4. The molecule has 1 N–H and O–H groups in total. The van der Waals surface area contributed by atoms with Gasteiger partial charge in [0, 0.05) is 11.1 Å². The van der Waals surface area contributed by atoms with Crippen molar-refractivity contribution in [2.45, 2.75) is 32.9 Å². The Morgan fingerprint density at radius 2 is 2.11 bits per heavy atom. The summed E-state index contributed by atoms with van der Waals surface area (Å²) in [5.41, 5.74) is 3.82. The van der Waals surface area contributed by atoms with Gasteiger partial charge in [-0.25, -0.2) is 4.98 Å². The van der Waals surface area contributed by atoms with Crippen molar-refractivity contribution in [3.63, 3.8) is 0 Å². The number of ether oxygens (including phenoxy) is 1. The van der Waals surface area contributed by atoms with Crippen molar-refractivity contribution in [2.24, 2.45) is 0 Å². The average molecular weight is 297 g/mol. The molecular weight excluding hydrogens is 280 g/mol. The molecule has 0 saturated heterocycles. The molecule has 0 radical (unpaired) electrons. The van der Waals surface area contributed by atoms with Crippen molar-refractivity contribution in [3.8, 4) is 5.75 Å². The molecule has 1 unspecified atom stereocenters. The molecule has 1 atom stereocenters. The molecule has 2 aromatic rings. The number of anilines is 1. The minimum absolute atomic E-state index is 0.116. The minimum atomic E-state index is 0.116. The van der Waals surface area contributed by atoms with Crippen LogP contribution < -0.4 is 10.1 Å². The Morgan fingerprint density at radius 3 is 2.68 bits per heavy atom. The largest absolute Gasteiger partial charge is 0.489 e. The Bertz CT molecular complexity index is 528. The van der Waals surface area contributed by atoms with Crippen LogP contribution in [0.5, 0.6) is 5.75 Å². The lowest BCUT2D eigenvalue weighted by molar-refractivity contribution is 0.242. The molecule has 1 aromatic heterocycles. The third-order valence-electron chi connectivity index (χ3n) is 2.57. The molecule has 0 aliphatic heterocycles. The van der Waals surface area contributed by atoms with Gasteiger partial charge in [-0.15, -0.1) is 11.3 Å². The number of hydrogen-bond donors (Lipinski definition) is 1. The zero-order valence-corrected chi connectivity index (χ0v) is 12.8. The Hall–Kier alpha value is -1.26. The molecule has 5 heteroatoms. The number of aromatic nitrogens is 1. The lowest BCUT2D eigenvalue weighted by Crippen LogP contribution is -2.08. The van der Waals surface area contributed by atoms with Crippen LogP contribution in [0.2, 0.25) is 5.02 Å². The molecule has 0 saturated carbocycles. The monoisotopic (exact) mass is 296 g/mol. The molecule has 102 valence electrons. The second-order valence-electron chi connectivity index (χ2n) is 4.59. The summed E-state index contributed by atoms with van der Waals surface area (Å²) in [6.07, 6.45) is 0.116. The van der Waals surface area contributed by atoms with E-state index in [9.17, 15) is 0 Å². The maximum atomic E-state index is 6.20. The highest BCUT2D eigenvalue weighted by molar-refractivity contribution is 7.07. The molecule has 0 aliphatic carbocycles. The van der Waals surface area contributed by atoms with Gasteiger partial charge in [0.15, 0.2) is 0 Å². The van der Waals surface area contributed by atoms with Gasteiger partial charge in [-0.05, 0) is 39.0 Å². The summed E-state index contributed by atoms with van der Waals surface area (Å²) in [4.78, 5) is 4.29. The number of rotatable bonds is 5. The topological polar surface area (TPSA) is 34.1 Å². The fourth-order valence-corrected chi connectivity index (χ4v) is 2.57. The van der Waals surface area contributed by atoms with E-state index in [0.717, 1.165) is 11.4 Å². The lowest BCUT2D eigenvalue weighted by Gasteiger charge is -2.16. The number of nitrogens with zero attached hydrogens (tertiary/aromatic N) is 1. The molecule has 3 nitrogen and oxygen atoms in total. The fourth-order valence-electron chi connectivity index (χ4n) is 1.70. The number of halogens is 1. The van der Waals surface area contributed by atoms with Crippen molar-refractivity contribution in [1.82, 2.24) is 4.98 Å². The van der Waals surface area contributed by atoms with Crippen molar-refractivity contribution in [3.05, 3.63) is 39.8 Å². The highest BCUT2D eigenvalue weighted by Crippen LogP contribution is 2.30. The normalized spacial score (nSPS) is 12.5. The van der Waals surface area contributed by atoms with Crippen LogP contribution in [0.1, 0.15) is 32.5 Å². The van der Waals surface area contributed by atoms with Crippen LogP contribution in [0.4, 0.5) is 5.69 Å². The summed E-state index contributed by atoms with van der Waals surface area (Å²) >= 11 is 7.80. The van der Waals surface area contributed by atoms with E-state index >= 15 is 0 Å². The van der Waals surface area contributed by atoms with E-state index in [0.29, 0.717) is 10.8 Å². The first kappa shape index (κ1) is 14.2. The number of nitrogens with one attached hydrogen (secondary N) is 1. The van der Waals surface area contributed by atoms with Crippen molar-refractivity contribution >= 4 is 28.6 Å². The fraction of sp³-hybridized carbons (Fsp3) is 0.357. The lowest BCUT2D eigenvalue weighted by atomic mass is 10.2. The van der Waals surface area contributed by atoms with Crippen LogP contribution >= 0.6 is 22.9 Å². The third-order valence-corrected chi connectivity index (χ3v) is 3.47. The minimum Gasteiger partial charge on any atom is -0.489 e. The summed E-state index contributed by atoms with van der Waals surface area (Å²) in [5, 5.41) is 6.02. The first-order valence-electron chi connectivity index (χ1n) is 6.17. The van der Waals surface area contributed by atoms with Crippen LogP contribution in [-0.4, -0.2) is 11.1 Å². The summed E-state index contributed by atoms with van der Waals surface area (Å²) < 4.78 is 5.61. The Labute approximate surface area is 122 Å². The van der Waals surface area contributed by atoms with Crippen LogP contribution in [-0.2, 0) is 0 Å². The van der Waals surface area contributed by atoms with Crippen molar-refractivity contribution < 1.29 is 4.74 Å². The highest BCUT2D eigenvalue weighted by atomic mass is 35.5. The third kappa shape index (κ3) is 3.85. The second kappa shape index (κ2) is 6.26. The molecule has 0 aliphatic rings. The molecule has 19 heavy (non-hydrogen) atoms. The van der Waals surface area contributed by atoms with E-state index < -0.39 is 0 Å². The molecule has 1 aromatic carbocycles. The van der Waals surface area contributed by atoms with Gasteiger partial charge in [-0.1, -0.05) is 11.6 Å². The maximum Gasteiger partial charge on any atom is 0.138 e. The van der Waals surface area contributed by atoms with Crippen LogP contribution in [0.25, 0.3) is 0 Å². The van der Waals surface area contributed by atoms with Crippen LogP contribution in [0, 0.1) is 0 Å². The first-order valence-corrected chi connectivity index (χ1v) is 7.49. The van der Waals surface area contributed by atoms with Gasteiger partial charge >= 0.3 is 0 Å². The van der Waals surface area contributed by atoms with E-state index in [1.165, 1.54) is 0 Å². The van der Waals surface area contributed by atoms with Crippen molar-refractivity contribution in [2.75, 3.05) is 5.32 Å². The summed E-state index contributed by atoms with van der Waals surface area (Å²) in [6, 6.07) is 5.88. The Kier molecular flexibility index (Phi) is 4.66. The quantitative estimate of drug-likeness (QED) is 0.864. The van der Waals surface area contributed by atoms with Gasteiger partial charge in [0.2, 0.25) is 0 Å². The van der Waals surface area contributed by atoms with Crippen LogP contribution in [0.15, 0.2) is 29.1 Å². The van der Waals surface area contributed by atoms with E-state index in [1.54, 1.807) is 11.3 Å². The standard InChI is InChI=1S/C14H17ClN2OS/c1-9(2)18-14-5-4-11(6-12(14)15)17-10(3)13-7-19-8-16-13/h4-10,17H,1-3H3. The molecule has 2 rings (SSSR count). The smallest absolute Gasteiger partial charge is 0.138 e. The maximum absolute atomic E-state index is 6.20. The molecule has 0 fully saturated rings. The Morgan fingerprint density at radius 1 is 1.32 bits per heavy atom. The van der Waals surface area contributed by atoms with E-state index in [4.69, 9.17) is 16.3 Å². The highest BCUT2D eigenvalue weighted by Gasteiger charge is 2.09. The summed E-state index contributed by atoms with van der Waals surface area (Å²) in [5.74, 6) is 0.712. The van der Waals surface area contributed by atoms with E-state index in [-0.39, 0.29) is 12.1 Å². The predicted octanol–water partition coefficient (Wildman–Crippen LogP) is 4.76. The van der Waals surface area contributed by atoms with Gasteiger partial charge in [0.25, 0.3) is 0 Å². The number of thiazole rings is 1. The number of benzene rings is 1. The van der Waals surface area contributed by atoms with Crippen molar-refractivity contribution in [1.29, 1.82) is 0 Å². The van der Waals surface area contributed by atoms with E-state index in [1.807, 2.05) is 42.9 Å². The second-order valence-corrected chi connectivity index (χ2v) is 5.72. The molecule has 0 spiro atoms. The van der Waals surface area contributed by atoms with Gasteiger partial charge in [0.1, 0.15) is 5.75 Å². The SMILES string of the molecule is CC(C)Oc1ccc(NC(C)c2cscn2)cc1Cl. The zero-order chi connectivity index (χ0) is 13.8. The predicted molar refractivity (Wildman–Crippen MR) is 81.4 cm³/mol. The first-order chi connectivity index (χ1) is 9.06. The zero-order valence-electron chi connectivity index (χ0n) is 11.2. The summed E-state index contributed by atoms with van der Waals surface area (Å²) in [7, 11) is 0. The summed E-state index contributed by atoms with van der Waals surface area (Å²) in [6.45, 7) is 6.03. The molecule has 1 heterocycles. The van der Waals surface area contributed by atoms with Gasteiger partial charge in [-0.3, -0.25) is 0 Å². The van der Waals surface area contributed by atoms with Crippen LogP contribution in [0.3, 0.4) is 0 Å². The molecular formula is C14H17ClN2OS.